The monoisotopic (exact) mass is 375 g/mol. The second kappa shape index (κ2) is 7.56. The zero-order valence-corrected chi connectivity index (χ0v) is 14.7. The molecular weight excluding hydrogens is 362 g/mol. The molecule has 0 aliphatic rings. The Kier molecular flexibility index (Phi) is 5.22. The number of aromatic nitrogens is 3. The van der Waals surface area contributed by atoms with Gasteiger partial charge in [-0.05, 0) is 19.1 Å². The maximum Gasteiger partial charge on any atom is 0.267 e. The van der Waals surface area contributed by atoms with Crippen molar-refractivity contribution in [2.24, 2.45) is 0 Å². The Morgan fingerprint density at radius 2 is 2.16 bits per heavy atom. The summed E-state index contributed by atoms with van der Waals surface area (Å²) in [5.74, 6) is 0.879. The van der Waals surface area contributed by atoms with Crippen LogP contribution < -0.4 is 10.6 Å². The number of aliphatic hydroxyl groups excluding tert-OH is 1. The molecule has 0 radical (unpaired) electrons. The molecule has 0 saturated heterocycles. The molecule has 0 spiro atoms. The van der Waals surface area contributed by atoms with Crippen molar-refractivity contribution in [1.29, 1.82) is 0 Å². The topological polar surface area (TPSA) is 100 Å². The third-order valence-corrected chi connectivity index (χ3v) is 4.48. The highest BCUT2D eigenvalue weighted by Crippen LogP contribution is 2.28. The Morgan fingerprint density at radius 1 is 1.32 bits per heavy atom. The van der Waals surface area contributed by atoms with Crippen LogP contribution in [0.25, 0.3) is 0 Å². The van der Waals surface area contributed by atoms with Crippen LogP contribution in [0.4, 0.5) is 16.6 Å². The normalized spacial score (nSPS) is 10.5. The first-order valence-corrected chi connectivity index (χ1v) is 8.48. The predicted molar refractivity (Wildman–Crippen MR) is 97.5 cm³/mol. The summed E-state index contributed by atoms with van der Waals surface area (Å²) in [6, 6.07) is 6.76. The lowest BCUT2D eigenvalue weighted by Crippen LogP contribution is -2.12. The van der Waals surface area contributed by atoms with Gasteiger partial charge in [0, 0.05) is 11.8 Å². The largest absolute Gasteiger partial charge is 0.392 e. The molecule has 7 nitrogen and oxygen atoms in total. The second-order valence-corrected chi connectivity index (χ2v) is 6.47. The zero-order chi connectivity index (χ0) is 17.8. The first kappa shape index (κ1) is 17.3. The van der Waals surface area contributed by atoms with Gasteiger partial charge in [0.25, 0.3) is 5.91 Å². The van der Waals surface area contributed by atoms with Gasteiger partial charge in [0.05, 0.1) is 23.5 Å². The summed E-state index contributed by atoms with van der Waals surface area (Å²) in [5, 5.41) is 16.0. The molecule has 9 heteroatoms. The first-order valence-electron chi connectivity index (χ1n) is 7.29. The minimum absolute atomic E-state index is 0.223. The quantitative estimate of drug-likeness (QED) is 0.632. The number of rotatable bonds is 5. The van der Waals surface area contributed by atoms with Crippen molar-refractivity contribution in [1.82, 2.24) is 15.0 Å². The molecule has 0 aliphatic carbocycles. The van der Waals surface area contributed by atoms with Gasteiger partial charge in [-0.25, -0.2) is 15.0 Å². The van der Waals surface area contributed by atoms with Crippen molar-refractivity contribution in [3.05, 3.63) is 57.9 Å². The number of carbonyl (C=O) groups excluding carboxylic acids is 1. The molecule has 3 aromatic rings. The van der Waals surface area contributed by atoms with Crippen molar-refractivity contribution >= 4 is 45.5 Å². The molecule has 2 aromatic heterocycles. The van der Waals surface area contributed by atoms with E-state index in [9.17, 15) is 9.90 Å². The maximum absolute atomic E-state index is 12.4. The van der Waals surface area contributed by atoms with Gasteiger partial charge in [-0.15, -0.1) is 0 Å². The number of aryl methyl sites for hydroxylation is 1. The fourth-order valence-electron chi connectivity index (χ4n) is 2.09. The average molecular weight is 376 g/mol. The van der Waals surface area contributed by atoms with E-state index in [1.165, 1.54) is 17.5 Å². The van der Waals surface area contributed by atoms with E-state index in [0.717, 1.165) is 0 Å². The molecule has 1 amide bonds. The molecule has 25 heavy (non-hydrogen) atoms. The minimum Gasteiger partial charge on any atom is -0.392 e. The number of nitrogens with zero attached hydrogens (tertiary/aromatic N) is 3. The second-order valence-electron chi connectivity index (χ2n) is 5.03. The Balaban J connectivity index is 1.75. The van der Waals surface area contributed by atoms with Crippen molar-refractivity contribution < 1.29 is 9.90 Å². The smallest absolute Gasteiger partial charge is 0.267 e. The van der Waals surface area contributed by atoms with E-state index in [2.05, 4.69) is 25.6 Å². The number of aliphatic hydroxyl groups is 1. The van der Waals surface area contributed by atoms with Crippen LogP contribution >= 0.6 is 22.9 Å². The summed E-state index contributed by atoms with van der Waals surface area (Å²) in [6.45, 7) is 1.56. The Labute approximate surface area is 152 Å². The first-order chi connectivity index (χ1) is 12.1. The maximum atomic E-state index is 12.4. The van der Waals surface area contributed by atoms with Gasteiger partial charge >= 0.3 is 0 Å². The molecule has 0 bridgehead atoms. The highest BCUT2D eigenvalue weighted by Gasteiger charge is 2.15. The Morgan fingerprint density at radius 3 is 2.92 bits per heavy atom. The number of nitrogens with one attached hydrogen (secondary N) is 2. The molecular formula is C16H14ClN5O2S. The molecule has 2 heterocycles. The number of hydrogen-bond acceptors (Lipinski definition) is 7. The number of amides is 1. The minimum atomic E-state index is -0.354. The summed E-state index contributed by atoms with van der Waals surface area (Å²) in [6.07, 6.45) is 3.10. The average Bonchev–Trinajstić information content (AvgIpc) is 3.05. The number of anilines is 3. The van der Waals surface area contributed by atoms with Crippen LogP contribution in [-0.2, 0) is 6.61 Å². The van der Waals surface area contributed by atoms with Crippen molar-refractivity contribution in [3.63, 3.8) is 0 Å². The third kappa shape index (κ3) is 4.11. The van der Waals surface area contributed by atoms with Gasteiger partial charge in [-0.2, -0.15) is 0 Å². The molecule has 0 aliphatic heterocycles. The van der Waals surface area contributed by atoms with Crippen molar-refractivity contribution in [2.45, 2.75) is 13.5 Å². The van der Waals surface area contributed by atoms with Crippen LogP contribution in [0.2, 0.25) is 5.02 Å². The Hall–Kier alpha value is -2.55. The summed E-state index contributed by atoms with van der Waals surface area (Å²) >= 11 is 7.28. The molecule has 0 unspecified atom stereocenters. The van der Waals surface area contributed by atoms with Crippen LogP contribution in [0.3, 0.4) is 0 Å². The molecule has 0 fully saturated rings. The van der Waals surface area contributed by atoms with Crippen LogP contribution in [0, 0.1) is 6.92 Å². The molecule has 3 rings (SSSR count). The fraction of sp³-hybridized carbons (Fsp3) is 0.125. The van der Waals surface area contributed by atoms with E-state index >= 15 is 0 Å². The van der Waals surface area contributed by atoms with Crippen LogP contribution in [-0.4, -0.2) is 26.0 Å². The number of thiazole rings is 1. The lowest BCUT2D eigenvalue weighted by atomic mass is 10.2. The summed E-state index contributed by atoms with van der Waals surface area (Å²) in [7, 11) is 0. The predicted octanol–water partition coefficient (Wildman–Crippen LogP) is 3.38. The van der Waals surface area contributed by atoms with Gasteiger partial charge in [0.1, 0.15) is 16.5 Å². The number of hydrogen-bond donors (Lipinski definition) is 3. The number of carbonyl (C=O) groups is 1. The summed E-state index contributed by atoms with van der Waals surface area (Å²) in [5.41, 5.74) is 0.936. The van der Waals surface area contributed by atoms with Crippen LogP contribution in [0.5, 0.6) is 0 Å². The van der Waals surface area contributed by atoms with E-state index < -0.39 is 0 Å². The van der Waals surface area contributed by atoms with E-state index in [4.69, 9.17) is 11.6 Å². The van der Waals surface area contributed by atoms with Gasteiger partial charge in [-0.1, -0.05) is 35.1 Å². The van der Waals surface area contributed by atoms with Gasteiger partial charge in [0.15, 0.2) is 5.13 Å². The van der Waals surface area contributed by atoms with E-state index in [1.54, 1.807) is 37.4 Å². The number of halogens is 1. The van der Waals surface area contributed by atoms with Crippen molar-refractivity contribution in [2.75, 3.05) is 10.6 Å². The summed E-state index contributed by atoms with van der Waals surface area (Å²) in [4.78, 5) is 25.2. The zero-order valence-electron chi connectivity index (χ0n) is 13.2. The standard InChI is InChI=1S/C16H14ClN5O2S/c1-9-18-6-5-13(20-9)21-16-19-7-12(25-16)15(24)22-14-10(8-23)3-2-4-11(14)17/h2-7,23H,8H2,1H3,(H,22,24)(H,18,19,20,21). The number of benzene rings is 1. The molecule has 0 saturated carbocycles. The highest BCUT2D eigenvalue weighted by molar-refractivity contribution is 7.17. The Bertz CT molecular complexity index is 915. The van der Waals surface area contributed by atoms with Gasteiger partial charge in [-0.3, -0.25) is 4.79 Å². The van der Waals surface area contributed by atoms with Crippen LogP contribution in [0.1, 0.15) is 21.1 Å². The van der Waals surface area contributed by atoms with Crippen molar-refractivity contribution in [3.8, 4) is 0 Å². The molecule has 3 N–H and O–H groups in total. The SMILES string of the molecule is Cc1nccc(Nc2ncc(C(=O)Nc3c(Cl)cccc3CO)s2)n1. The molecule has 1 aromatic carbocycles. The highest BCUT2D eigenvalue weighted by atomic mass is 35.5. The lowest BCUT2D eigenvalue weighted by Gasteiger charge is -2.10. The van der Waals surface area contributed by atoms with E-state index in [0.29, 0.717) is 37.9 Å². The number of para-hydroxylation sites is 1. The molecule has 128 valence electrons. The van der Waals surface area contributed by atoms with Crippen LogP contribution in [0.15, 0.2) is 36.7 Å². The lowest BCUT2D eigenvalue weighted by molar-refractivity contribution is 0.103. The van der Waals surface area contributed by atoms with Gasteiger partial charge < -0.3 is 15.7 Å². The van der Waals surface area contributed by atoms with E-state index in [-0.39, 0.29) is 12.5 Å². The summed E-state index contributed by atoms with van der Waals surface area (Å²) < 4.78 is 0. The van der Waals surface area contributed by atoms with Gasteiger partial charge in [0.2, 0.25) is 0 Å². The van der Waals surface area contributed by atoms with E-state index in [1.807, 2.05) is 0 Å². The fourth-order valence-corrected chi connectivity index (χ4v) is 3.05. The molecule has 0 atom stereocenters. The third-order valence-electron chi connectivity index (χ3n) is 3.25.